The van der Waals surface area contributed by atoms with E-state index in [1.54, 1.807) is 121 Å². The van der Waals surface area contributed by atoms with Gasteiger partial charge in [0, 0.05) is 33.9 Å². The van der Waals surface area contributed by atoms with Crippen molar-refractivity contribution in [2.24, 2.45) is 0 Å². The number of hydrogen-bond donors (Lipinski definition) is 4. The molecule has 0 heterocycles. The maximum Gasteiger partial charge on any atom is 0.207 e. The highest BCUT2D eigenvalue weighted by Crippen LogP contribution is 2.46. The Morgan fingerprint density at radius 2 is 0.521 bits per heavy atom. The summed E-state index contributed by atoms with van der Waals surface area (Å²) in [5, 5.41) is 0. The molecule has 10 aromatic rings. The monoisotopic (exact) mass is 950 g/mol. The van der Waals surface area contributed by atoms with Crippen molar-refractivity contribution >= 4 is 32.6 Å². The minimum Gasteiger partial charge on any atom is -0.457 e. The Bertz CT molecular complexity index is 3410. The molecule has 10 rings (SSSR count). The van der Waals surface area contributed by atoms with Crippen molar-refractivity contribution in [2.45, 2.75) is 9.79 Å². The molecule has 71 heavy (non-hydrogen) atoms. The van der Waals surface area contributed by atoms with Crippen LogP contribution < -0.4 is 41.9 Å². The van der Waals surface area contributed by atoms with Crippen molar-refractivity contribution in [1.29, 1.82) is 0 Å². The highest BCUT2D eigenvalue weighted by molar-refractivity contribution is 7.91. The van der Waals surface area contributed by atoms with Gasteiger partial charge in [0.05, 0.1) is 9.79 Å². The molecule has 0 aliphatic carbocycles. The van der Waals surface area contributed by atoms with Crippen LogP contribution in [0.2, 0.25) is 0 Å². The standard InChI is InChI=1S/C60H46N4O6S/c61-43-19-27-47(28-20-43)67-51-11-1-7-39(35-51)55-15-5-17-57(59(55)41-9-3-13-53(37-41)69-49-31-23-45(63)24-32-49)71(65,66)58-18-6-16-56(40-8-2-12-52(36-40)68-48-29-21-44(62)22-30-48)60(58)42-10-4-14-54(38-42)70-50-33-25-46(64)26-34-50/h1-38H,61-64H2. The van der Waals surface area contributed by atoms with Gasteiger partial charge in [0.25, 0.3) is 0 Å². The maximum absolute atomic E-state index is 16.1. The van der Waals surface area contributed by atoms with Gasteiger partial charge in [-0.15, -0.1) is 0 Å². The van der Waals surface area contributed by atoms with Crippen molar-refractivity contribution in [3.05, 3.63) is 231 Å². The highest BCUT2D eigenvalue weighted by atomic mass is 32.2. The second-order valence-electron chi connectivity index (χ2n) is 16.7. The molecule has 0 saturated heterocycles. The van der Waals surface area contributed by atoms with Gasteiger partial charge < -0.3 is 41.9 Å². The lowest BCUT2D eigenvalue weighted by Gasteiger charge is -2.21. The van der Waals surface area contributed by atoms with Crippen LogP contribution in [-0.2, 0) is 9.84 Å². The van der Waals surface area contributed by atoms with Crippen LogP contribution in [0.15, 0.2) is 240 Å². The lowest BCUT2D eigenvalue weighted by molar-refractivity contribution is 0.482. The first kappa shape index (κ1) is 45.3. The normalized spacial score (nSPS) is 11.2. The van der Waals surface area contributed by atoms with E-state index in [9.17, 15) is 0 Å². The average Bonchev–Trinajstić information content (AvgIpc) is 3.39. The van der Waals surface area contributed by atoms with E-state index in [-0.39, 0.29) is 9.79 Å². The molecule has 0 aromatic heterocycles. The van der Waals surface area contributed by atoms with Crippen LogP contribution in [-0.4, -0.2) is 8.42 Å². The fraction of sp³-hybridized carbons (Fsp3) is 0. The predicted octanol–water partition coefficient (Wildman–Crippen LogP) is 14.7. The summed E-state index contributed by atoms with van der Waals surface area (Å²) in [5.41, 5.74) is 31.1. The number of anilines is 4. The molecule has 0 aliphatic heterocycles. The molecular formula is C60H46N4O6S. The zero-order chi connectivity index (χ0) is 48.9. The largest absolute Gasteiger partial charge is 0.457 e. The molecule has 0 amide bonds. The first-order valence-electron chi connectivity index (χ1n) is 22.6. The summed E-state index contributed by atoms with van der Waals surface area (Å²) in [5.74, 6) is 4.40. The molecular weight excluding hydrogens is 905 g/mol. The molecule has 10 nitrogen and oxygen atoms in total. The number of nitrogens with two attached hydrogens (primary N) is 4. The smallest absolute Gasteiger partial charge is 0.207 e. The van der Waals surface area contributed by atoms with Crippen molar-refractivity contribution in [1.82, 2.24) is 0 Å². The minimum atomic E-state index is -4.43. The molecule has 11 heteroatoms. The number of nitrogen functional groups attached to an aromatic ring is 4. The van der Waals surface area contributed by atoms with Crippen LogP contribution in [0.3, 0.4) is 0 Å². The average molecular weight is 951 g/mol. The molecule has 0 spiro atoms. The van der Waals surface area contributed by atoms with Gasteiger partial charge in [0.2, 0.25) is 9.84 Å². The molecule has 8 N–H and O–H groups in total. The topological polar surface area (TPSA) is 175 Å². The van der Waals surface area contributed by atoms with Crippen LogP contribution in [0.25, 0.3) is 44.5 Å². The first-order valence-corrected chi connectivity index (χ1v) is 24.1. The van der Waals surface area contributed by atoms with E-state index >= 15 is 8.42 Å². The third-order valence-electron chi connectivity index (χ3n) is 11.6. The molecule has 0 atom stereocenters. The molecule has 0 radical (unpaired) electrons. The van der Waals surface area contributed by atoms with E-state index in [1.807, 2.05) is 109 Å². The number of benzene rings is 10. The Morgan fingerprint density at radius 3 is 0.817 bits per heavy atom. The van der Waals surface area contributed by atoms with E-state index < -0.39 is 9.84 Å². The SMILES string of the molecule is Nc1ccc(Oc2cccc(-c3cccc(S(=O)(=O)c4cccc(-c5cccc(Oc6ccc(N)cc6)c5)c4-c4cccc(Oc5ccc(N)cc5)c4)c3-c3cccc(Oc4ccc(N)cc4)c3)c2)cc1. The first-order chi connectivity index (χ1) is 34.5. The zero-order valence-corrected chi connectivity index (χ0v) is 38.9. The van der Waals surface area contributed by atoms with Crippen molar-refractivity contribution < 1.29 is 27.4 Å². The molecule has 0 aliphatic rings. The van der Waals surface area contributed by atoms with Crippen LogP contribution in [0.1, 0.15) is 0 Å². The number of sulfone groups is 1. The molecule has 0 fully saturated rings. The lowest BCUT2D eigenvalue weighted by atomic mass is 9.94. The van der Waals surface area contributed by atoms with Gasteiger partial charge in [0.1, 0.15) is 46.0 Å². The fourth-order valence-corrected chi connectivity index (χ4v) is 10.0. The lowest BCUT2D eigenvalue weighted by Crippen LogP contribution is -2.08. The Balaban J connectivity index is 1.16. The number of ether oxygens (including phenoxy) is 4. The van der Waals surface area contributed by atoms with Gasteiger partial charge in [-0.05, 0) is 191 Å². The van der Waals surface area contributed by atoms with Gasteiger partial charge in [-0.2, -0.15) is 0 Å². The third kappa shape index (κ3) is 10.2. The second-order valence-corrected chi connectivity index (χ2v) is 18.5. The summed E-state index contributed by atoms with van der Waals surface area (Å²) in [7, 11) is -4.43. The van der Waals surface area contributed by atoms with Gasteiger partial charge in [-0.3, -0.25) is 0 Å². The second kappa shape index (κ2) is 19.6. The van der Waals surface area contributed by atoms with E-state index in [4.69, 9.17) is 41.9 Å². The van der Waals surface area contributed by atoms with E-state index in [0.29, 0.717) is 113 Å². The van der Waals surface area contributed by atoms with Crippen LogP contribution in [0.5, 0.6) is 46.0 Å². The summed E-state index contributed by atoms with van der Waals surface area (Å²) < 4.78 is 57.5. The Hall–Kier alpha value is -9.45. The zero-order valence-electron chi connectivity index (χ0n) is 38.1. The Kier molecular flexibility index (Phi) is 12.5. The Morgan fingerprint density at radius 1 is 0.268 bits per heavy atom. The van der Waals surface area contributed by atoms with E-state index in [2.05, 4.69) is 0 Å². The fourth-order valence-electron chi connectivity index (χ4n) is 8.28. The molecule has 10 aromatic carbocycles. The summed E-state index contributed by atoms with van der Waals surface area (Å²) in [6.07, 6.45) is 0. The van der Waals surface area contributed by atoms with Crippen LogP contribution >= 0.6 is 0 Å². The quantitative estimate of drug-likeness (QED) is 0.0768. The van der Waals surface area contributed by atoms with Gasteiger partial charge >= 0.3 is 0 Å². The van der Waals surface area contributed by atoms with Gasteiger partial charge in [-0.1, -0.05) is 72.8 Å². The number of rotatable bonds is 14. The Labute approximate surface area is 411 Å². The number of hydrogen-bond acceptors (Lipinski definition) is 10. The summed E-state index contributed by atoms with van der Waals surface area (Å²) in [4.78, 5) is 0.134. The molecule has 0 unspecified atom stereocenters. The predicted molar refractivity (Wildman–Crippen MR) is 284 cm³/mol. The molecule has 0 saturated carbocycles. The third-order valence-corrected chi connectivity index (χ3v) is 13.5. The van der Waals surface area contributed by atoms with Crippen LogP contribution in [0.4, 0.5) is 22.7 Å². The van der Waals surface area contributed by atoms with Gasteiger partial charge in [0.15, 0.2) is 0 Å². The molecule has 348 valence electrons. The van der Waals surface area contributed by atoms with Crippen molar-refractivity contribution in [2.75, 3.05) is 22.9 Å². The summed E-state index contributed by atoms with van der Waals surface area (Å²) in [6, 6.07) is 68.9. The van der Waals surface area contributed by atoms with E-state index in [1.165, 1.54) is 0 Å². The maximum atomic E-state index is 16.1. The van der Waals surface area contributed by atoms with Crippen LogP contribution in [0, 0.1) is 0 Å². The summed E-state index contributed by atoms with van der Waals surface area (Å²) >= 11 is 0. The van der Waals surface area contributed by atoms with E-state index in [0.717, 1.165) is 0 Å². The molecule has 0 bridgehead atoms. The van der Waals surface area contributed by atoms with Crippen molar-refractivity contribution in [3.63, 3.8) is 0 Å². The summed E-state index contributed by atoms with van der Waals surface area (Å²) in [6.45, 7) is 0. The highest BCUT2D eigenvalue weighted by Gasteiger charge is 2.30. The van der Waals surface area contributed by atoms with Gasteiger partial charge in [-0.25, -0.2) is 8.42 Å². The van der Waals surface area contributed by atoms with Crippen molar-refractivity contribution in [3.8, 4) is 90.5 Å². The minimum absolute atomic E-state index is 0.0672.